The molecule has 0 atom stereocenters. The molecule has 0 bridgehead atoms. The highest BCUT2D eigenvalue weighted by Gasteiger charge is 2.27. The summed E-state index contributed by atoms with van der Waals surface area (Å²) in [5, 5.41) is 0. The Hall–Kier alpha value is -0.580. The van der Waals surface area contributed by atoms with E-state index >= 15 is 0 Å². The van der Waals surface area contributed by atoms with E-state index in [1.165, 1.54) is 0 Å². The number of hydrogen-bond acceptors (Lipinski definition) is 2. The standard InChI is InChI=1S/C5H9F3O.C4H9N/c1-4(2)9-3-5(6,7)8;1-4(2)5-3/h4H,3H2,1-2H3;4H,3H2,1-2H3. The average molecular weight is 213 g/mol. The zero-order valence-corrected chi connectivity index (χ0v) is 9.06. The summed E-state index contributed by atoms with van der Waals surface area (Å²) in [5.74, 6) is 0. The highest BCUT2D eigenvalue weighted by Crippen LogP contribution is 2.14. The van der Waals surface area contributed by atoms with E-state index in [0.717, 1.165) is 0 Å². The third-order valence-corrected chi connectivity index (χ3v) is 0.945. The van der Waals surface area contributed by atoms with Crippen LogP contribution in [-0.4, -0.2) is 31.6 Å². The van der Waals surface area contributed by atoms with Gasteiger partial charge in [0, 0.05) is 6.04 Å². The predicted octanol–water partition coefficient (Wildman–Crippen LogP) is 3.07. The first-order chi connectivity index (χ1) is 6.19. The van der Waals surface area contributed by atoms with Crippen LogP contribution in [0.4, 0.5) is 13.2 Å². The molecule has 5 heteroatoms. The maximum Gasteiger partial charge on any atom is 0.411 e. The largest absolute Gasteiger partial charge is 0.411 e. The van der Waals surface area contributed by atoms with Crippen molar-refractivity contribution in [2.45, 2.75) is 46.0 Å². The first-order valence-corrected chi connectivity index (χ1v) is 4.33. The van der Waals surface area contributed by atoms with Crippen molar-refractivity contribution >= 4 is 6.72 Å². The third kappa shape index (κ3) is 22.5. The first-order valence-electron chi connectivity index (χ1n) is 4.33. The van der Waals surface area contributed by atoms with E-state index in [-0.39, 0.29) is 6.10 Å². The van der Waals surface area contributed by atoms with E-state index in [1.54, 1.807) is 13.8 Å². The summed E-state index contributed by atoms with van der Waals surface area (Å²) in [6, 6.07) is 0.398. The first kappa shape index (κ1) is 15.9. The molecule has 0 aliphatic heterocycles. The summed E-state index contributed by atoms with van der Waals surface area (Å²) in [7, 11) is 0. The molecule has 0 spiro atoms. The molecule has 0 radical (unpaired) electrons. The Morgan fingerprint density at radius 3 is 1.64 bits per heavy atom. The Labute approximate surface area is 83.2 Å². The van der Waals surface area contributed by atoms with Crippen LogP contribution in [0.2, 0.25) is 0 Å². The topological polar surface area (TPSA) is 21.6 Å². The van der Waals surface area contributed by atoms with Crippen LogP contribution < -0.4 is 0 Å². The van der Waals surface area contributed by atoms with E-state index in [1.807, 2.05) is 13.8 Å². The molecule has 0 aromatic carbocycles. The van der Waals surface area contributed by atoms with Gasteiger partial charge in [-0.2, -0.15) is 13.2 Å². The Balaban J connectivity index is 0. The number of alkyl halides is 3. The van der Waals surface area contributed by atoms with Gasteiger partial charge in [0.1, 0.15) is 6.61 Å². The third-order valence-electron chi connectivity index (χ3n) is 0.945. The van der Waals surface area contributed by atoms with Crippen molar-refractivity contribution in [3.63, 3.8) is 0 Å². The van der Waals surface area contributed by atoms with Crippen LogP contribution in [0.1, 0.15) is 27.7 Å². The Kier molecular flexibility index (Phi) is 8.83. The zero-order valence-electron chi connectivity index (χ0n) is 9.06. The van der Waals surface area contributed by atoms with Crippen LogP contribution in [-0.2, 0) is 4.74 Å². The second kappa shape index (κ2) is 7.79. The molecule has 0 aromatic rings. The van der Waals surface area contributed by atoms with E-state index in [0.29, 0.717) is 6.04 Å². The molecule has 0 saturated carbocycles. The molecular formula is C9H18F3NO. The molecule has 0 aliphatic carbocycles. The van der Waals surface area contributed by atoms with Crippen molar-refractivity contribution in [1.29, 1.82) is 0 Å². The molecule has 0 heterocycles. The SMILES string of the molecule is C=NC(C)C.CC(C)OCC(F)(F)F. The number of ether oxygens (including phenoxy) is 1. The van der Waals surface area contributed by atoms with Crippen molar-refractivity contribution in [2.75, 3.05) is 6.61 Å². The van der Waals surface area contributed by atoms with Crippen molar-refractivity contribution in [3.8, 4) is 0 Å². The Morgan fingerprint density at radius 2 is 1.57 bits per heavy atom. The lowest BCUT2D eigenvalue weighted by Crippen LogP contribution is -2.19. The summed E-state index contributed by atoms with van der Waals surface area (Å²) in [6.45, 7) is 9.27. The normalized spacial score (nSPS) is 11.2. The summed E-state index contributed by atoms with van der Waals surface area (Å²) in [6.07, 6.45) is -4.55. The molecule has 0 aromatic heterocycles. The van der Waals surface area contributed by atoms with Gasteiger partial charge in [-0.05, 0) is 34.4 Å². The van der Waals surface area contributed by atoms with Gasteiger partial charge in [0.05, 0.1) is 6.10 Å². The number of halogens is 3. The van der Waals surface area contributed by atoms with Gasteiger partial charge >= 0.3 is 6.18 Å². The highest BCUT2D eigenvalue weighted by molar-refractivity contribution is 5.23. The summed E-state index contributed by atoms with van der Waals surface area (Å²) < 4.78 is 38.2. The van der Waals surface area contributed by atoms with Crippen molar-refractivity contribution in [3.05, 3.63) is 0 Å². The molecule has 2 nitrogen and oxygen atoms in total. The van der Waals surface area contributed by atoms with Gasteiger partial charge in [0.25, 0.3) is 0 Å². The molecule has 0 N–H and O–H groups in total. The molecule has 86 valence electrons. The highest BCUT2D eigenvalue weighted by atomic mass is 19.4. The van der Waals surface area contributed by atoms with Crippen molar-refractivity contribution in [1.82, 2.24) is 0 Å². The quantitative estimate of drug-likeness (QED) is 0.660. The smallest absolute Gasteiger partial charge is 0.369 e. The minimum atomic E-state index is -4.19. The van der Waals surface area contributed by atoms with Crippen molar-refractivity contribution < 1.29 is 17.9 Å². The van der Waals surface area contributed by atoms with Gasteiger partial charge < -0.3 is 4.74 Å². The van der Waals surface area contributed by atoms with Crippen LogP contribution in [0.15, 0.2) is 4.99 Å². The van der Waals surface area contributed by atoms with Gasteiger partial charge in [-0.15, -0.1) is 0 Å². The number of nitrogens with zero attached hydrogens (tertiary/aromatic N) is 1. The Morgan fingerprint density at radius 1 is 1.21 bits per heavy atom. The summed E-state index contributed by atoms with van der Waals surface area (Å²) in [4.78, 5) is 3.64. The van der Waals surface area contributed by atoms with Gasteiger partial charge in [0.15, 0.2) is 0 Å². The number of hydrogen-bond donors (Lipinski definition) is 0. The summed E-state index contributed by atoms with van der Waals surface area (Å²) >= 11 is 0. The molecule has 0 rings (SSSR count). The lowest BCUT2D eigenvalue weighted by Gasteiger charge is -2.09. The molecule has 0 amide bonds. The van der Waals surface area contributed by atoms with Crippen molar-refractivity contribution in [2.24, 2.45) is 4.99 Å². The summed E-state index contributed by atoms with van der Waals surface area (Å²) in [5.41, 5.74) is 0. The van der Waals surface area contributed by atoms with Crippen LogP contribution in [0.25, 0.3) is 0 Å². The van der Waals surface area contributed by atoms with E-state index in [4.69, 9.17) is 0 Å². The fourth-order valence-electron chi connectivity index (χ4n) is 0.261. The van der Waals surface area contributed by atoms with E-state index < -0.39 is 12.8 Å². The minimum absolute atomic E-state index is 0.355. The fourth-order valence-corrected chi connectivity index (χ4v) is 0.261. The van der Waals surface area contributed by atoms with Gasteiger partial charge in [0.2, 0.25) is 0 Å². The monoisotopic (exact) mass is 213 g/mol. The zero-order chi connectivity index (χ0) is 11.8. The van der Waals surface area contributed by atoms with Gasteiger partial charge in [-0.1, -0.05) is 0 Å². The average Bonchev–Trinajstić information content (AvgIpc) is 2.01. The molecule has 0 saturated heterocycles. The fraction of sp³-hybridized carbons (Fsp3) is 0.889. The second-order valence-electron chi connectivity index (χ2n) is 3.25. The maximum atomic E-state index is 11.3. The van der Waals surface area contributed by atoms with Crippen LogP contribution >= 0.6 is 0 Å². The van der Waals surface area contributed by atoms with E-state index in [2.05, 4.69) is 16.4 Å². The van der Waals surface area contributed by atoms with Crippen LogP contribution in [0, 0.1) is 0 Å². The minimum Gasteiger partial charge on any atom is -0.369 e. The molecule has 14 heavy (non-hydrogen) atoms. The number of aliphatic imine (C=N–C) groups is 1. The molecule has 0 fully saturated rings. The van der Waals surface area contributed by atoms with Gasteiger partial charge in [-0.25, -0.2) is 0 Å². The molecule has 0 aliphatic rings. The molecular weight excluding hydrogens is 195 g/mol. The number of rotatable bonds is 3. The Bertz CT molecular complexity index is 143. The lowest BCUT2D eigenvalue weighted by atomic mass is 10.4. The van der Waals surface area contributed by atoms with Crippen LogP contribution in [0.5, 0.6) is 0 Å². The molecule has 0 unspecified atom stereocenters. The lowest BCUT2D eigenvalue weighted by molar-refractivity contribution is -0.181. The van der Waals surface area contributed by atoms with Gasteiger partial charge in [-0.3, -0.25) is 4.99 Å². The predicted molar refractivity (Wildman–Crippen MR) is 51.8 cm³/mol. The van der Waals surface area contributed by atoms with Crippen LogP contribution in [0.3, 0.4) is 0 Å². The van der Waals surface area contributed by atoms with E-state index in [9.17, 15) is 13.2 Å². The maximum absolute atomic E-state index is 11.3. The second-order valence-corrected chi connectivity index (χ2v) is 3.25.